The van der Waals surface area contributed by atoms with Gasteiger partial charge in [0.25, 0.3) is 0 Å². The first kappa shape index (κ1) is 11.3. The van der Waals surface area contributed by atoms with Gasteiger partial charge in [-0.2, -0.15) is 0 Å². The number of aryl methyl sites for hydroxylation is 1. The van der Waals surface area contributed by atoms with Crippen LogP contribution in [0.2, 0.25) is 0 Å². The van der Waals surface area contributed by atoms with Crippen molar-refractivity contribution in [2.24, 2.45) is 11.7 Å². The number of rotatable bonds is 3. The van der Waals surface area contributed by atoms with Gasteiger partial charge in [0.15, 0.2) is 0 Å². The summed E-state index contributed by atoms with van der Waals surface area (Å²) in [6.45, 7) is 2.88. The molecule has 0 aromatic carbocycles. The SMILES string of the molecule is Cc1nccc(NCC2CCCC(N)C2)n1. The van der Waals surface area contributed by atoms with Gasteiger partial charge in [0, 0.05) is 18.8 Å². The summed E-state index contributed by atoms with van der Waals surface area (Å²) in [4.78, 5) is 8.40. The zero-order valence-corrected chi connectivity index (χ0v) is 9.82. The van der Waals surface area contributed by atoms with Crippen molar-refractivity contribution in [1.82, 2.24) is 9.97 Å². The summed E-state index contributed by atoms with van der Waals surface area (Å²) in [6.07, 6.45) is 6.65. The van der Waals surface area contributed by atoms with Crippen LogP contribution in [0.3, 0.4) is 0 Å². The Morgan fingerprint density at radius 1 is 1.50 bits per heavy atom. The molecule has 0 bridgehead atoms. The molecule has 88 valence electrons. The maximum Gasteiger partial charge on any atom is 0.129 e. The van der Waals surface area contributed by atoms with E-state index in [0.29, 0.717) is 12.0 Å². The molecule has 0 radical (unpaired) electrons. The van der Waals surface area contributed by atoms with Crippen LogP contribution < -0.4 is 11.1 Å². The van der Waals surface area contributed by atoms with Crippen LogP contribution in [0, 0.1) is 12.8 Å². The molecule has 1 fully saturated rings. The van der Waals surface area contributed by atoms with Crippen molar-refractivity contribution in [3.63, 3.8) is 0 Å². The second-order valence-corrected chi connectivity index (χ2v) is 4.66. The largest absolute Gasteiger partial charge is 0.370 e. The van der Waals surface area contributed by atoms with Crippen LogP contribution in [0.25, 0.3) is 0 Å². The van der Waals surface area contributed by atoms with Crippen LogP contribution in [0.1, 0.15) is 31.5 Å². The summed E-state index contributed by atoms with van der Waals surface area (Å²) in [7, 11) is 0. The monoisotopic (exact) mass is 220 g/mol. The van der Waals surface area contributed by atoms with E-state index in [-0.39, 0.29) is 0 Å². The van der Waals surface area contributed by atoms with E-state index in [1.165, 1.54) is 19.3 Å². The molecule has 2 rings (SSSR count). The van der Waals surface area contributed by atoms with Gasteiger partial charge in [0.1, 0.15) is 11.6 Å². The topological polar surface area (TPSA) is 63.8 Å². The van der Waals surface area contributed by atoms with Gasteiger partial charge in [0.05, 0.1) is 0 Å². The molecular weight excluding hydrogens is 200 g/mol. The molecule has 0 aliphatic heterocycles. The molecule has 0 amide bonds. The van der Waals surface area contributed by atoms with Crippen LogP contribution in [0.15, 0.2) is 12.3 Å². The zero-order chi connectivity index (χ0) is 11.4. The van der Waals surface area contributed by atoms with Crippen LogP contribution in [0.4, 0.5) is 5.82 Å². The smallest absolute Gasteiger partial charge is 0.129 e. The van der Waals surface area contributed by atoms with Gasteiger partial charge in [-0.05, 0) is 38.2 Å². The van der Waals surface area contributed by atoms with Gasteiger partial charge >= 0.3 is 0 Å². The number of nitrogens with zero attached hydrogens (tertiary/aromatic N) is 2. The lowest BCUT2D eigenvalue weighted by Gasteiger charge is -2.26. The Balaban J connectivity index is 1.82. The maximum absolute atomic E-state index is 5.96. The highest BCUT2D eigenvalue weighted by atomic mass is 15.0. The quantitative estimate of drug-likeness (QED) is 0.814. The lowest BCUT2D eigenvalue weighted by molar-refractivity contribution is 0.335. The van der Waals surface area contributed by atoms with E-state index >= 15 is 0 Å². The molecule has 16 heavy (non-hydrogen) atoms. The van der Waals surface area contributed by atoms with E-state index < -0.39 is 0 Å². The molecule has 2 atom stereocenters. The van der Waals surface area contributed by atoms with E-state index in [1.54, 1.807) is 6.20 Å². The predicted octanol–water partition coefficient (Wildman–Crippen LogP) is 1.71. The fourth-order valence-corrected chi connectivity index (χ4v) is 2.32. The number of hydrogen-bond acceptors (Lipinski definition) is 4. The first-order valence-corrected chi connectivity index (χ1v) is 6.03. The van der Waals surface area contributed by atoms with Gasteiger partial charge in [-0.15, -0.1) is 0 Å². The van der Waals surface area contributed by atoms with Crippen molar-refractivity contribution in [2.45, 2.75) is 38.6 Å². The molecule has 0 saturated heterocycles. The summed E-state index contributed by atoms with van der Waals surface area (Å²) < 4.78 is 0. The molecule has 0 spiro atoms. The average Bonchev–Trinajstić information content (AvgIpc) is 2.27. The van der Waals surface area contributed by atoms with E-state index in [4.69, 9.17) is 5.73 Å². The minimum atomic E-state index is 0.396. The maximum atomic E-state index is 5.96. The van der Waals surface area contributed by atoms with Gasteiger partial charge in [-0.3, -0.25) is 0 Å². The number of aromatic nitrogens is 2. The standard InChI is InChI=1S/C12H20N4/c1-9-14-6-5-12(16-9)15-8-10-3-2-4-11(13)7-10/h5-6,10-11H,2-4,7-8,13H2,1H3,(H,14,15,16). The van der Waals surface area contributed by atoms with E-state index in [2.05, 4.69) is 15.3 Å². The van der Waals surface area contributed by atoms with Crippen molar-refractivity contribution >= 4 is 5.82 Å². The first-order valence-electron chi connectivity index (χ1n) is 6.03. The van der Waals surface area contributed by atoms with Gasteiger partial charge in [-0.1, -0.05) is 6.42 Å². The first-order chi connectivity index (χ1) is 7.74. The summed E-state index contributed by atoms with van der Waals surface area (Å²) in [5, 5.41) is 3.37. The fraction of sp³-hybridized carbons (Fsp3) is 0.667. The second-order valence-electron chi connectivity index (χ2n) is 4.66. The lowest BCUT2D eigenvalue weighted by Crippen LogP contribution is -2.31. The predicted molar refractivity (Wildman–Crippen MR) is 65.2 cm³/mol. The van der Waals surface area contributed by atoms with Crippen LogP contribution in [0.5, 0.6) is 0 Å². The minimum Gasteiger partial charge on any atom is -0.370 e. The summed E-state index contributed by atoms with van der Waals surface area (Å²) in [5.74, 6) is 2.43. The molecule has 4 heteroatoms. The Hall–Kier alpha value is -1.16. The second kappa shape index (κ2) is 5.25. The van der Waals surface area contributed by atoms with E-state index in [1.807, 2.05) is 13.0 Å². The Labute approximate surface area is 96.7 Å². The summed E-state index contributed by atoms with van der Waals surface area (Å²) in [5.41, 5.74) is 5.96. The highest BCUT2D eigenvalue weighted by molar-refractivity contribution is 5.32. The summed E-state index contributed by atoms with van der Waals surface area (Å²) in [6, 6.07) is 2.31. The number of nitrogens with one attached hydrogen (secondary N) is 1. The van der Waals surface area contributed by atoms with Gasteiger partial charge in [-0.25, -0.2) is 9.97 Å². The molecule has 1 saturated carbocycles. The Morgan fingerprint density at radius 2 is 2.38 bits per heavy atom. The minimum absolute atomic E-state index is 0.396. The Kier molecular flexibility index (Phi) is 3.72. The molecule has 1 aliphatic rings. The third-order valence-electron chi connectivity index (χ3n) is 3.17. The molecule has 1 aromatic rings. The summed E-state index contributed by atoms with van der Waals surface area (Å²) >= 11 is 0. The molecule has 1 aromatic heterocycles. The highest BCUT2D eigenvalue weighted by Crippen LogP contribution is 2.23. The molecular formula is C12H20N4. The van der Waals surface area contributed by atoms with Crippen molar-refractivity contribution in [3.05, 3.63) is 18.1 Å². The molecule has 4 nitrogen and oxygen atoms in total. The third-order valence-corrected chi connectivity index (χ3v) is 3.17. The van der Waals surface area contributed by atoms with Gasteiger partial charge in [0.2, 0.25) is 0 Å². The molecule has 1 aliphatic carbocycles. The molecule has 3 N–H and O–H groups in total. The van der Waals surface area contributed by atoms with Crippen molar-refractivity contribution < 1.29 is 0 Å². The lowest BCUT2D eigenvalue weighted by atomic mass is 9.86. The Bertz CT molecular complexity index is 340. The average molecular weight is 220 g/mol. The fourth-order valence-electron chi connectivity index (χ4n) is 2.32. The molecule has 1 heterocycles. The van der Waals surface area contributed by atoms with Crippen LogP contribution >= 0.6 is 0 Å². The van der Waals surface area contributed by atoms with Crippen molar-refractivity contribution in [2.75, 3.05) is 11.9 Å². The number of anilines is 1. The highest BCUT2D eigenvalue weighted by Gasteiger charge is 2.18. The van der Waals surface area contributed by atoms with Crippen molar-refractivity contribution in [1.29, 1.82) is 0 Å². The van der Waals surface area contributed by atoms with Crippen LogP contribution in [-0.2, 0) is 0 Å². The number of hydrogen-bond donors (Lipinski definition) is 2. The van der Waals surface area contributed by atoms with Gasteiger partial charge < -0.3 is 11.1 Å². The third kappa shape index (κ3) is 3.17. The number of nitrogens with two attached hydrogens (primary N) is 1. The van der Waals surface area contributed by atoms with E-state index in [9.17, 15) is 0 Å². The zero-order valence-electron chi connectivity index (χ0n) is 9.82. The van der Waals surface area contributed by atoms with E-state index in [0.717, 1.165) is 24.6 Å². The Morgan fingerprint density at radius 3 is 3.12 bits per heavy atom. The van der Waals surface area contributed by atoms with Crippen LogP contribution in [-0.4, -0.2) is 22.6 Å². The normalized spacial score (nSPS) is 25.4. The molecule has 2 unspecified atom stereocenters. The van der Waals surface area contributed by atoms with Crippen molar-refractivity contribution in [3.8, 4) is 0 Å².